The fraction of sp³-hybridized carbons (Fsp3) is 0.769. The highest BCUT2D eigenvalue weighted by Gasteiger charge is 2.35. The molecule has 2 atom stereocenters. The van der Waals surface area contributed by atoms with E-state index in [2.05, 4.69) is 20.8 Å². The fourth-order valence-corrected chi connectivity index (χ4v) is 2.27. The molecule has 1 aliphatic rings. The van der Waals surface area contributed by atoms with Crippen molar-refractivity contribution < 1.29 is 9.53 Å². The summed E-state index contributed by atoms with van der Waals surface area (Å²) in [5.41, 5.74) is 3.08. The smallest absolute Gasteiger partial charge is 0.302 e. The van der Waals surface area contributed by atoms with Crippen LogP contribution in [0.15, 0.2) is 11.1 Å². The van der Waals surface area contributed by atoms with E-state index in [4.69, 9.17) is 4.74 Å². The lowest BCUT2D eigenvalue weighted by Crippen LogP contribution is -2.35. The van der Waals surface area contributed by atoms with Crippen LogP contribution in [0.25, 0.3) is 0 Å². The van der Waals surface area contributed by atoms with Crippen LogP contribution >= 0.6 is 0 Å². The topological polar surface area (TPSA) is 26.3 Å². The lowest BCUT2D eigenvalue weighted by atomic mass is 9.70. The Labute approximate surface area is 92.7 Å². The van der Waals surface area contributed by atoms with Crippen molar-refractivity contribution >= 4 is 5.97 Å². The molecule has 2 nitrogen and oxygen atoms in total. The molecule has 0 heterocycles. The van der Waals surface area contributed by atoms with Gasteiger partial charge in [-0.3, -0.25) is 4.79 Å². The molecule has 0 N–H and O–H groups in total. The van der Waals surface area contributed by atoms with Gasteiger partial charge in [-0.05, 0) is 40.0 Å². The SMILES string of the molecule is CC(=O)OC(C)C1(C)CCC(C)=C(C)C1. The Morgan fingerprint density at radius 2 is 2.00 bits per heavy atom. The van der Waals surface area contributed by atoms with Crippen LogP contribution in [0.3, 0.4) is 0 Å². The molecule has 0 aromatic rings. The predicted molar refractivity (Wildman–Crippen MR) is 61.6 cm³/mol. The lowest BCUT2D eigenvalue weighted by molar-refractivity contribution is -0.152. The van der Waals surface area contributed by atoms with Crippen LogP contribution in [0.5, 0.6) is 0 Å². The molecule has 86 valence electrons. The zero-order valence-corrected chi connectivity index (χ0v) is 10.5. The van der Waals surface area contributed by atoms with Gasteiger partial charge in [0.1, 0.15) is 6.10 Å². The quantitative estimate of drug-likeness (QED) is 0.515. The fourth-order valence-electron chi connectivity index (χ4n) is 2.27. The van der Waals surface area contributed by atoms with Crippen molar-refractivity contribution in [1.82, 2.24) is 0 Å². The number of hydrogen-bond donors (Lipinski definition) is 0. The summed E-state index contributed by atoms with van der Waals surface area (Å²) in [4.78, 5) is 11.0. The summed E-state index contributed by atoms with van der Waals surface area (Å²) < 4.78 is 5.31. The van der Waals surface area contributed by atoms with Crippen molar-refractivity contribution in [3.05, 3.63) is 11.1 Å². The van der Waals surface area contributed by atoms with Crippen LogP contribution < -0.4 is 0 Å². The molecule has 1 aliphatic carbocycles. The Bertz CT molecular complexity index is 291. The van der Waals surface area contributed by atoms with E-state index in [0.29, 0.717) is 0 Å². The third kappa shape index (κ3) is 2.83. The average molecular weight is 210 g/mol. The minimum Gasteiger partial charge on any atom is -0.462 e. The molecular formula is C13H22O2. The minimum atomic E-state index is -0.173. The van der Waals surface area contributed by atoms with E-state index in [9.17, 15) is 4.79 Å². The van der Waals surface area contributed by atoms with E-state index in [1.54, 1.807) is 0 Å². The predicted octanol–water partition coefficient (Wildman–Crippen LogP) is 3.46. The molecule has 0 aromatic heterocycles. The summed E-state index contributed by atoms with van der Waals surface area (Å²) in [6.07, 6.45) is 3.31. The molecule has 0 aromatic carbocycles. The number of esters is 1. The van der Waals surface area contributed by atoms with Crippen LogP contribution in [0, 0.1) is 5.41 Å². The Kier molecular flexibility index (Phi) is 3.58. The van der Waals surface area contributed by atoms with Crippen molar-refractivity contribution in [2.45, 2.75) is 60.0 Å². The standard InChI is InChI=1S/C13H22O2/c1-9-6-7-13(5,8-10(9)2)11(3)15-12(4)14/h11H,6-8H2,1-5H3. The molecule has 0 aliphatic heterocycles. The lowest BCUT2D eigenvalue weighted by Gasteiger charge is -2.39. The molecule has 0 radical (unpaired) electrons. The summed E-state index contributed by atoms with van der Waals surface area (Å²) in [6.45, 7) is 10.1. The first kappa shape index (κ1) is 12.3. The normalized spacial score (nSPS) is 28.9. The first-order valence-electron chi connectivity index (χ1n) is 5.67. The molecule has 0 saturated carbocycles. The number of carbonyl (C=O) groups excluding carboxylic acids is 1. The largest absolute Gasteiger partial charge is 0.462 e. The molecule has 0 bridgehead atoms. The maximum Gasteiger partial charge on any atom is 0.302 e. The van der Waals surface area contributed by atoms with Gasteiger partial charge >= 0.3 is 5.97 Å². The minimum absolute atomic E-state index is 0.0121. The van der Waals surface area contributed by atoms with Gasteiger partial charge in [0.05, 0.1) is 0 Å². The van der Waals surface area contributed by atoms with Crippen molar-refractivity contribution in [2.75, 3.05) is 0 Å². The molecule has 0 amide bonds. The van der Waals surface area contributed by atoms with Crippen LogP contribution in [-0.4, -0.2) is 12.1 Å². The number of carbonyl (C=O) groups is 1. The van der Waals surface area contributed by atoms with Crippen molar-refractivity contribution in [2.24, 2.45) is 5.41 Å². The molecule has 0 spiro atoms. The molecule has 1 rings (SSSR count). The zero-order valence-electron chi connectivity index (χ0n) is 10.5. The third-order valence-electron chi connectivity index (χ3n) is 3.79. The highest BCUT2D eigenvalue weighted by molar-refractivity contribution is 5.66. The molecule has 2 unspecified atom stereocenters. The highest BCUT2D eigenvalue weighted by Crippen LogP contribution is 2.42. The molecule has 2 heteroatoms. The van der Waals surface area contributed by atoms with Crippen LogP contribution in [-0.2, 0) is 9.53 Å². The maximum absolute atomic E-state index is 11.0. The number of ether oxygens (including phenoxy) is 1. The van der Waals surface area contributed by atoms with E-state index in [1.807, 2.05) is 6.92 Å². The van der Waals surface area contributed by atoms with Crippen molar-refractivity contribution in [3.8, 4) is 0 Å². The second-order valence-electron chi connectivity index (χ2n) is 5.14. The number of allylic oxidation sites excluding steroid dienone is 2. The van der Waals surface area contributed by atoms with E-state index < -0.39 is 0 Å². The first-order valence-corrected chi connectivity index (χ1v) is 5.67. The first-order chi connectivity index (χ1) is 6.85. The summed E-state index contributed by atoms with van der Waals surface area (Å²) in [5.74, 6) is -0.173. The summed E-state index contributed by atoms with van der Waals surface area (Å²) >= 11 is 0. The van der Waals surface area contributed by atoms with Gasteiger partial charge in [-0.2, -0.15) is 0 Å². The second-order valence-corrected chi connectivity index (χ2v) is 5.14. The third-order valence-corrected chi connectivity index (χ3v) is 3.79. The van der Waals surface area contributed by atoms with E-state index >= 15 is 0 Å². The number of rotatable bonds is 2. The van der Waals surface area contributed by atoms with Crippen molar-refractivity contribution in [1.29, 1.82) is 0 Å². The molecular weight excluding hydrogens is 188 g/mol. The van der Waals surface area contributed by atoms with Crippen LogP contribution in [0.2, 0.25) is 0 Å². The van der Waals surface area contributed by atoms with Crippen molar-refractivity contribution in [3.63, 3.8) is 0 Å². The summed E-state index contributed by atoms with van der Waals surface area (Å²) in [7, 11) is 0. The monoisotopic (exact) mass is 210 g/mol. The maximum atomic E-state index is 11.0. The van der Waals surface area contributed by atoms with E-state index in [1.165, 1.54) is 18.1 Å². The van der Waals surface area contributed by atoms with Crippen LogP contribution in [0.4, 0.5) is 0 Å². The second kappa shape index (κ2) is 4.38. The Morgan fingerprint density at radius 1 is 1.40 bits per heavy atom. The van der Waals surface area contributed by atoms with E-state index in [0.717, 1.165) is 19.3 Å². The van der Waals surface area contributed by atoms with Gasteiger partial charge in [-0.15, -0.1) is 0 Å². The molecule has 15 heavy (non-hydrogen) atoms. The number of hydrogen-bond acceptors (Lipinski definition) is 2. The Hall–Kier alpha value is -0.790. The van der Waals surface area contributed by atoms with Gasteiger partial charge in [-0.25, -0.2) is 0 Å². The van der Waals surface area contributed by atoms with Gasteiger partial charge < -0.3 is 4.74 Å². The van der Waals surface area contributed by atoms with Gasteiger partial charge in [-0.1, -0.05) is 18.1 Å². The van der Waals surface area contributed by atoms with Gasteiger partial charge in [0.2, 0.25) is 0 Å². The highest BCUT2D eigenvalue weighted by atomic mass is 16.5. The van der Waals surface area contributed by atoms with E-state index in [-0.39, 0.29) is 17.5 Å². The summed E-state index contributed by atoms with van der Waals surface area (Å²) in [6, 6.07) is 0. The van der Waals surface area contributed by atoms with Gasteiger partial charge in [0, 0.05) is 12.3 Å². The Morgan fingerprint density at radius 3 is 2.47 bits per heavy atom. The molecule has 0 saturated heterocycles. The van der Waals surface area contributed by atoms with Crippen LogP contribution in [0.1, 0.15) is 53.9 Å². The zero-order chi connectivity index (χ0) is 11.6. The summed E-state index contributed by atoms with van der Waals surface area (Å²) in [5, 5.41) is 0. The van der Waals surface area contributed by atoms with Gasteiger partial charge in [0.15, 0.2) is 0 Å². The average Bonchev–Trinajstić information content (AvgIpc) is 2.11. The van der Waals surface area contributed by atoms with Gasteiger partial charge in [0.25, 0.3) is 0 Å². The Balaban J connectivity index is 2.73. The molecule has 0 fully saturated rings.